The minimum atomic E-state index is 0.480. The first-order valence-corrected chi connectivity index (χ1v) is 13.5. The van der Waals surface area contributed by atoms with Crippen molar-refractivity contribution >= 4 is 38.8 Å². The van der Waals surface area contributed by atoms with Crippen LogP contribution in [0.4, 0.5) is 0 Å². The summed E-state index contributed by atoms with van der Waals surface area (Å²) >= 11 is 0. The van der Waals surface area contributed by atoms with Crippen molar-refractivity contribution in [1.29, 1.82) is 0 Å². The maximum atomic E-state index is 10.0. The Labute approximate surface area is 218 Å². The summed E-state index contributed by atoms with van der Waals surface area (Å²) in [4.78, 5) is 0. The third-order valence-electron chi connectivity index (χ3n) is 8.21. The molecule has 3 aliphatic carbocycles. The molecular formula is C36H30O. The van der Waals surface area contributed by atoms with Gasteiger partial charge in [-0.2, -0.15) is 0 Å². The Kier molecular flexibility index (Phi) is 5.43. The van der Waals surface area contributed by atoms with E-state index >= 15 is 0 Å². The molecule has 0 aliphatic heterocycles. The molecule has 1 heteroatoms. The molecule has 0 saturated heterocycles. The molecule has 0 bridgehead atoms. The fraction of sp³-hybridized carbons (Fsp3) is 0.167. The smallest absolute Gasteiger partial charge is 0.0926 e. The van der Waals surface area contributed by atoms with Gasteiger partial charge >= 0.3 is 0 Å². The molecule has 1 nitrogen and oxygen atoms in total. The van der Waals surface area contributed by atoms with Crippen LogP contribution in [-0.4, -0.2) is 5.11 Å². The third-order valence-corrected chi connectivity index (χ3v) is 8.21. The first kappa shape index (κ1) is 22.1. The summed E-state index contributed by atoms with van der Waals surface area (Å²) in [6.45, 7) is 0. The molecule has 0 aromatic heterocycles. The van der Waals surface area contributed by atoms with Crippen LogP contribution in [-0.2, 0) is 6.42 Å². The molecule has 0 saturated carbocycles. The Morgan fingerprint density at radius 3 is 1.97 bits per heavy atom. The van der Waals surface area contributed by atoms with E-state index in [9.17, 15) is 5.11 Å². The molecule has 180 valence electrons. The van der Waals surface area contributed by atoms with Crippen LogP contribution in [0.25, 0.3) is 49.9 Å². The first-order chi connectivity index (χ1) is 18.3. The molecule has 1 N–H and O–H groups in total. The highest BCUT2D eigenvalue weighted by atomic mass is 16.3. The first-order valence-electron chi connectivity index (χ1n) is 13.5. The van der Waals surface area contributed by atoms with Crippen LogP contribution in [0.3, 0.4) is 0 Å². The van der Waals surface area contributed by atoms with E-state index in [4.69, 9.17) is 0 Å². The standard InChI is InChI=1S/C36H30O/c37-26-20-18-25(19-21-26)35-30-14-6-8-16-32(30)36(33-17-9-7-15-31(33)35)34-23-22-27(24-10-2-1-3-11-24)28-12-4-5-13-29(28)34/h1-2,4-6,8-10,12-14,16-18,20,22-23,37H,3,7,11,15,19,21H2. The van der Waals surface area contributed by atoms with Gasteiger partial charge in [0.25, 0.3) is 0 Å². The lowest BCUT2D eigenvalue weighted by Crippen LogP contribution is -2.06. The van der Waals surface area contributed by atoms with Crippen molar-refractivity contribution in [3.63, 3.8) is 0 Å². The molecule has 4 aromatic carbocycles. The lowest BCUT2D eigenvalue weighted by atomic mass is 9.78. The number of rotatable bonds is 3. The number of fused-ring (bicyclic) bond motifs is 3. The Morgan fingerprint density at radius 2 is 1.24 bits per heavy atom. The predicted molar refractivity (Wildman–Crippen MR) is 159 cm³/mol. The van der Waals surface area contributed by atoms with Gasteiger partial charge in [-0.25, -0.2) is 0 Å². The van der Waals surface area contributed by atoms with Gasteiger partial charge in [-0.3, -0.25) is 0 Å². The van der Waals surface area contributed by atoms with Crippen LogP contribution >= 0.6 is 0 Å². The van der Waals surface area contributed by atoms with E-state index in [2.05, 4.69) is 97.1 Å². The fourth-order valence-corrected chi connectivity index (χ4v) is 6.50. The molecule has 7 rings (SSSR count). The van der Waals surface area contributed by atoms with Gasteiger partial charge in [-0.05, 0) is 104 Å². The highest BCUT2D eigenvalue weighted by molar-refractivity contribution is 6.13. The van der Waals surface area contributed by atoms with E-state index < -0.39 is 0 Å². The third kappa shape index (κ3) is 3.69. The molecule has 0 heterocycles. The largest absolute Gasteiger partial charge is 0.512 e. The quantitative estimate of drug-likeness (QED) is 0.310. The summed E-state index contributed by atoms with van der Waals surface area (Å²) in [5, 5.41) is 15.3. The minimum absolute atomic E-state index is 0.480. The molecule has 4 aromatic rings. The Morgan fingerprint density at radius 1 is 0.541 bits per heavy atom. The summed E-state index contributed by atoms with van der Waals surface area (Å²) < 4.78 is 0. The number of hydrogen-bond donors (Lipinski definition) is 1. The van der Waals surface area contributed by atoms with Crippen molar-refractivity contribution in [2.75, 3.05) is 0 Å². The lowest BCUT2D eigenvalue weighted by molar-refractivity contribution is 0.388. The Bertz CT molecular complexity index is 1720. The van der Waals surface area contributed by atoms with E-state index in [1.54, 1.807) is 0 Å². The van der Waals surface area contributed by atoms with Crippen molar-refractivity contribution in [3.8, 4) is 11.1 Å². The van der Waals surface area contributed by atoms with Gasteiger partial charge in [-0.1, -0.05) is 97.1 Å². The lowest BCUT2D eigenvalue weighted by Gasteiger charge is -2.26. The van der Waals surface area contributed by atoms with Gasteiger partial charge in [-0.15, -0.1) is 0 Å². The van der Waals surface area contributed by atoms with E-state index in [0.717, 1.165) is 32.1 Å². The second kappa shape index (κ2) is 9.09. The maximum Gasteiger partial charge on any atom is 0.0926 e. The van der Waals surface area contributed by atoms with Gasteiger partial charge in [0.2, 0.25) is 0 Å². The molecular weight excluding hydrogens is 448 g/mol. The number of hydrogen-bond acceptors (Lipinski definition) is 1. The minimum Gasteiger partial charge on any atom is -0.512 e. The molecule has 3 aliphatic rings. The zero-order valence-corrected chi connectivity index (χ0v) is 21.0. The van der Waals surface area contributed by atoms with Crippen LogP contribution in [0.1, 0.15) is 54.4 Å². The van der Waals surface area contributed by atoms with Crippen LogP contribution < -0.4 is 0 Å². The van der Waals surface area contributed by atoms with Gasteiger partial charge in [0, 0.05) is 6.42 Å². The zero-order valence-electron chi connectivity index (χ0n) is 21.0. The molecule has 0 atom stereocenters. The van der Waals surface area contributed by atoms with E-state index in [1.807, 2.05) is 6.08 Å². The highest BCUT2D eigenvalue weighted by Gasteiger charge is 2.24. The summed E-state index contributed by atoms with van der Waals surface area (Å²) in [6.07, 6.45) is 21.3. The van der Waals surface area contributed by atoms with Gasteiger partial charge in [0.15, 0.2) is 0 Å². The molecule has 0 radical (unpaired) electrons. The summed E-state index contributed by atoms with van der Waals surface area (Å²) in [7, 11) is 0. The van der Waals surface area contributed by atoms with Crippen LogP contribution in [0.15, 0.2) is 103 Å². The zero-order chi connectivity index (χ0) is 24.8. The van der Waals surface area contributed by atoms with Crippen molar-refractivity contribution in [2.24, 2.45) is 0 Å². The summed E-state index contributed by atoms with van der Waals surface area (Å²) in [5.74, 6) is 0.480. The van der Waals surface area contributed by atoms with Crippen molar-refractivity contribution in [2.45, 2.75) is 38.5 Å². The topological polar surface area (TPSA) is 20.2 Å². The number of benzene rings is 4. The van der Waals surface area contributed by atoms with Crippen LogP contribution in [0.2, 0.25) is 0 Å². The second-order valence-electron chi connectivity index (χ2n) is 10.3. The normalized spacial score (nSPS) is 16.9. The number of aliphatic hydroxyl groups is 1. The van der Waals surface area contributed by atoms with Gasteiger partial charge in [0.05, 0.1) is 5.76 Å². The van der Waals surface area contributed by atoms with Crippen molar-refractivity contribution in [3.05, 3.63) is 125 Å². The van der Waals surface area contributed by atoms with E-state index in [0.29, 0.717) is 12.2 Å². The maximum absolute atomic E-state index is 10.0. The average molecular weight is 479 g/mol. The van der Waals surface area contributed by atoms with E-state index in [-0.39, 0.29) is 0 Å². The van der Waals surface area contributed by atoms with Crippen molar-refractivity contribution in [1.82, 2.24) is 0 Å². The summed E-state index contributed by atoms with van der Waals surface area (Å²) in [6, 6.07) is 22.6. The fourth-order valence-electron chi connectivity index (χ4n) is 6.50. The average Bonchev–Trinajstić information content (AvgIpc) is 2.96. The Hall–Kier alpha value is -4.10. The SMILES string of the molecule is OC1=CC=C(c2c3c(c(-c4ccc(C5=CC=CCC5)c5ccccc45)c4ccccc24)C=CCC3)CC1. The monoisotopic (exact) mass is 478 g/mol. The second-order valence-corrected chi connectivity index (χ2v) is 10.3. The molecule has 0 amide bonds. The molecule has 0 fully saturated rings. The highest BCUT2D eigenvalue weighted by Crippen LogP contribution is 2.46. The van der Waals surface area contributed by atoms with Gasteiger partial charge < -0.3 is 5.11 Å². The number of aliphatic hydroxyl groups excluding tert-OH is 1. The molecule has 0 unspecified atom stereocenters. The molecule has 37 heavy (non-hydrogen) atoms. The predicted octanol–water partition coefficient (Wildman–Crippen LogP) is 9.97. The van der Waals surface area contributed by atoms with E-state index in [1.165, 1.54) is 66.1 Å². The number of allylic oxidation sites excluding steroid dienone is 9. The Balaban J connectivity index is 1.55. The molecule has 0 spiro atoms. The van der Waals surface area contributed by atoms with Crippen LogP contribution in [0, 0.1) is 0 Å². The van der Waals surface area contributed by atoms with Crippen LogP contribution in [0.5, 0.6) is 0 Å². The van der Waals surface area contributed by atoms with Crippen molar-refractivity contribution < 1.29 is 5.11 Å². The van der Waals surface area contributed by atoms with Gasteiger partial charge in [0.1, 0.15) is 0 Å². The summed E-state index contributed by atoms with van der Waals surface area (Å²) in [5.41, 5.74) is 11.0.